The Morgan fingerprint density at radius 2 is 1.77 bits per heavy atom. The van der Waals surface area contributed by atoms with E-state index in [0.717, 1.165) is 21.5 Å². The molecule has 5 rings (SSSR count). The monoisotopic (exact) mass is 432 g/mol. The summed E-state index contributed by atoms with van der Waals surface area (Å²) in [6.07, 6.45) is 3.29. The van der Waals surface area contributed by atoms with E-state index in [0.29, 0.717) is 16.2 Å². The number of hydrogen-bond donors (Lipinski definition) is 1. The van der Waals surface area contributed by atoms with E-state index in [1.54, 1.807) is 23.0 Å². The van der Waals surface area contributed by atoms with Crippen LogP contribution in [0.15, 0.2) is 77.9 Å². The maximum absolute atomic E-state index is 12.7. The van der Waals surface area contributed by atoms with Crippen LogP contribution in [0.25, 0.3) is 22.4 Å². The molecule has 0 aliphatic carbocycles. The summed E-state index contributed by atoms with van der Waals surface area (Å²) in [5.41, 5.74) is 3.25. The van der Waals surface area contributed by atoms with Crippen LogP contribution in [0.3, 0.4) is 0 Å². The lowest BCUT2D eigenvalue weighted by atomic mass is 10.1. The molecule has 0 radical (unpaired) electrons. The van der Waals surface area contributed by atoms with Gasteiger partial charge in [0.15, 0.2) is 5.65 Å². The minimum absolute atomic E-state index is 0.198. The fraction of sp³-hybridized carbons (Fsp3) is 0.0909. The Kier molecular flexibility index (Phi) is 4.76. The van der Waals surface area contributed by atoms with Crippen LogP contribution in [0.5, 0.6) is 0 Å². The molecule has 0 aliphatic heterocycles. The van der Waals surface area contributed by atoms with Gasteiger partial charge in [-0.2, -0.15) is 5.10 Å². The Bertz CT molecular complexity index is 1470. The van der Waals surface area contributed by atoms with E-state index in [1.807, 2.05) is 54.6 Å². The van der Waals surface area contributed by atoms with Gasteiger partial charge in [-0.3, -0.25) is 4.79 Å². The van der Waals surface area contributed by atoms with Gasteiger partial charge in [0.1, 0.15) is 12.1 Å². The summed E-state index contributed by atoms with van der Waals surface area (Å²) in [4.78, 5) is 25.1. The first-order valence-electron chi connectivity index (χ1n) is 9.63. The zero-order chi connectivity index (χ0) is 21.4. The molecule has 0 spiro atoms. The van der Waals surface area contributed by atoms with Gasteiger partial charge >= 0.3 is 5.69 Å². The third kappa shape index (κ3) is 3.57. The second-order valence-electron chi connectivity index (χ2n) is 7.03. The lowest BCUT2D eigenvalue weighted by Crippen LogP contribution is -2.32. The van der Waals surface area contributed by atoms with Gasteiger partial charge in [0.2, 0.25) is 5.91 Å². The topological polar surface area (TPSA) is 85.7 Å². The number of rotatable bonds is 5. The quantitative estimate of drug-likeness (QED) is 0.462. The molecule has 3 aromatic heterocycles. The summed E-state index contributed by atoms with van der Waals surface area (Å²) in [5, 5.41) is 12.3. The molecule has 154 valence electrons. The normalized spacial score (nSPS) is 11.3. The van der Waals surface area contributed by atoms with E-state index in [-0.39, 0.29) is 19.0 Å². The van der Waals surface area contributed by atoms with Crippen molar-refractivity contribution in [2.45, 2.75) is 13.1 Å². The van der Waals surface area contributed by atoms with E-state index in [4.69, 9.17) is 11.6 Å². The first-order chi connectivity index (χ1) is 15.1. The molecule has 0 bridgehead atoms. The fourth-order valence-electron chi connectivity index (χ4n) is 3.41. The molecule has 0 atom stereocenters. The number of hydrogen-bond acceptors (Lipinski definition) is 4. The van der Waals surface area contributed by atoms with Crippen LogP contribution in [0.1, 0.15) is 5.56 Å². The van der Waals surface area contributed by atoms with Crippen molar-refractivity contribution in [2.75, 3.05) is 0 Å². The average molecular weight is 433 g/mol. The molecule has 5 aromatic rings. The van der Waals surface area contributed by atoms with E-state index >= 15 is 0 Å². The van der Waals surface area contributed by atoms with Crippen molar-refractivity contribution in [3.8, 4) is 11.3 Å². The van der Waals surface area contributed by atoms with Crippen molar-refractivity contribution in [2.24, 2.45) is 0 Å². The van der Waals surface area contributed by atoms with Gasteiger partial charge < -0.3 is 5.32 Å². The lowest BCUT2D eigenvalue weighted by Gasteiger charge is -2.06. The largest absolute Gasteiger partial charge is 0.350 e. The summed E-state index contributed by atoms with van der Waals surface area (Å²) in [7, 11) is 0. The highest BCUT2D eigenvalue weighted by Gasteiger charge is 2.15. The van der Waals surface area contributed by atoms with E-state index in [9.17, 15) is 9.59 Å². The van der Waals surface area contributed by atoms with Crippen LogP contribution in [-0.2, 0) is 17.9 Å². The molecule has 0 saturated heterocycles. The van der Waals surface area contributed by atoms with Crippen molar-refractivity contribution < 1.29 is 4.79 Å². The van der Waals surface area contributed by atoms with Gasteiger partial charge in [0.05, 0.1) is 5.69 Å². The highest BCUT2D eigenvalue weighted by molar-refractivity contribution is 6.31. The number of carbonyl (C=O) groups is 1. The second kappa shape index (κ2) is 7.73. The standard InChI is InChI=1S/C22H17ClN6O2/c23-17-9-5-4-8-16(17)13-24-20(30)14-29-22(31)27-10-11-28-19(21(27)26-29)12-18(25-28)15-6-2-1-3-7-15/h1-12H,13-14H2,(H,24,30). The highest BCUT2D eigenvalue weighted by Crippen LogP contribution is 2.21. The molecule has 1 N–H and O–H groups in total. The molecule has 0 fully saturated rings. The van der Waals surface area contributed by atoms with Crippen LogP contribution in [-0.4, -0.2) is 29.7 Å². The molecule has 0 unspecified atom stereocenters. The number of halogens is 1. The molecule has 2 aromatic carbocycles. The summed E-state index contributed by atoms with van der Waals surface area (Å²) in [6.45, 7) is 0.0741. The molecule has 31 heavy (non-hydrogen) atoms. The molecule has 3 heterocycles. The third-order valence-corrected chi connectivity index (χ3v) is 5.36. The van der Waals surface area contributed by atoms with Crippen LogP contribution in [0.4, 0.5) is 0 Å². The van der Waals surface area contributed by atoms with Crippen molar-refractivity contribution in [3.63, 3.8) is 0 Å². The number of nitrogens with one attached hydrogen (secondary N) is 1. The van der Waals surface area contributed by atoms with Crippen LogP contribution >= 0.6 is 11.6 Å². The number of fused-ring (bicyclic) bond motifs is 3. The molecule has 0 saturated carbocycles. The van der Waals surface area contributed by atoms with Gasteiger partial charge in [0.25, 0.3) is 0 Å². The van der Waals surface area contributed by atoms with Gasteiger partial charge in [0, 0.05) is 29.5 Å². The third-order valence-electron chi connectivity index (χ3n) is 4.99. The summed E-state index contributed by atoms with van der Waals surface area (Å²) in [5.74, 6) is -0.333. The first kappa shape index (κ1) is 19.1. The maximum atomic E-state index is 12.7. The number of amides is 1. The number of carbonyl (C=O) groups excluding carboxylic acids is 1. The van der Waals surface area contributed by atoms with E-state index < -0.39 is 5.69 Å². The second-order valence-corrected chi connectivity index (χ2v) is 7.43. The van der Waals surface area contributed by atoms with E-state index in [2.05, 4.69) is 15.5 Å². The van der Waals surface area contributed by atoms with Crippen molar-refractivity contribution >= 4 is 28.7 Å². The molecule has 1 amide bonds. The summed E-state index contributed by atoms with van der Waals surface area (Å²) >= 11 is 6.12. The minimum atomic E-state index is -0.396. The van der Waals surface area contributed by atoms with Gasteiger partial charge in [-0.05, 0) is 17.7 Å². The average Bonchev–Trinajstić information content (AvgIpc) is 3.35. The van der Waals surface area contributed by atoms with Crippen LogP contribution in [0, 0.1) is 0 Å². The van der Waals surface area contributed by atoms with Crippen molar-refractivity contribution in [3.05, 3.63) is 94.1 Å². The number of aromatic nitrogens is 5. The fourth-order valence-corrected chi connectivity index (χ4v) is 3.62. The molecule has 8 nitrogen and oxygen atoms in total. The smallest absolute Gasteiger partial charge is 0.350 e. The van der Waals surface area contributed by atoms with Crippen LogP contribution < -0.4 is 11.0 Å². The zero-order valence-corrected chi connectivity index (χ0v) is 17.0. The number of benzene rings is 2. The Hall–Kier alpha value is -3.91. The SMILES string of the molecule is O=C(Cn1nc2c3cc(-c4ccccc4)nn3ccn2c1=O)NCc1ccccc1Cl. The predicted octanol–water partition coefficient (Wildman–Crippen LogP) is 2.78. The highest BCUT2D eigenvalue weighted by atomic mass is 35.5. The molecule has 0 aliphatic rings. The lowest BCUT2D eigenvalue weighted by molar-refractivity contribution is -0.122. The van der Waals surface area contributed by atoms with Crippen LogP contribution in [0.2, 0.25) is 5.02 Å². The van der Waals surface area contributed by atoms with Gasteiger partial charge in [-0.1, -0.05) is 60.1 Å². The Balaban J connectivity index is 1.43. The van der Waals surface area contributed by atoms with Crippen molar-refractivity contribution in [1.29, 1.82) is 0 Å². The van der Waals surface area contributed by atoms with E-state index in [1.165, 1.54) is 4.40 Å². The Morgan fingerprint density at radius 1 is 1.00 bits per heavy atom. The number of nitrogens with zero attached hydrogens (tertiary/aromatic N) is 5. The molecular weight excluding hydrogens is 416 g/mol. The maximum Gasteiger partial charge on any atom is 0.350 e. The summed E-state index contributed by atoms with van der Waals surface area (Å²) < 4.78 is 4.23. The first-order valence-corrected chi connectivity index (χ1v) is 10.0. The molecule has 9 heteroatoms. The molecular formula is C22H17ClN6O2. The van der Waals surface area contributed by atoms with Gasteiger partial charge in [-0.25, -0.2) is 18.4 Å². The predicted molar refractivity (Wildman–Crippen MR) is 117 cm³/mol. The zero-order valence-electron chi connectivity index (χ0n) is 16.3. The van der Waals surface area contributed by atoms with Crippen molar-refractivity contribution in [1.82, 2.24) is 29.1 Å². The Morgan fingerprint density at radius 3 is 2.58 bits per heavy atom. The Labute approximate surface area is 181 Å². The minimum Gasteiger partial charge on any atom is -0.350 e. The van der Waals surface area contributed by atoms with Gasteiger partial charge in [-0.15, -0.1) is 5.10 Å². The summed E-state index contributed by atoms with van der Waals surface area (Å²) in [6, 6.07) is 18.9.